The van der Waals surface area contributed by atoms with Gasteiger partial charge >= 0.3 is 6.18 Å². The van der Waals surface area contributed by atoms with E-state index in [0.717, 1.165) is 12.1 Å². The molecule has 0 unspecified atom stereocenters. The summed E-state index contributed by atoms with van der Waals surface area (Å²) in [5, 5.41) is 0. The first kappa shape index (κ1) is 17.3. The van der Waals surface area contributed by atoms with Crippen LogP contribution in [-0.4, -0.2) is 8.42 Å². The third-order valence-electron chi connectivity index (χ3n) is 3.23. The smallest absolute Gasteiger partial charge is 0.279 e. The maximum atomic E-state index is 13.2. The molecule has 0 aliphatic heterocycles. The lowest BCUT2D eigenvalue weighted by Crippen LogP contribution is -2.17. The van der Waals surface area contributed by atoms with E-state index in [1.165, 1.54) is 30.3 Å². The van der Waals surface area contributed by atoms with Crippen molar-refractivity contribution in [3.05, 3.63) is 59.7 Å². The third kappa shape index (κ3) is 4.25. The van der Waals surface area contributed by atoms with Crippen molar-refractivity contribution >= 4 is 15.7 Å². The summed E-state index contributed by atoms with van der Waals surface area (Å²) >= 11 is 0. The largest absolute Gasteiger partial charge is 0.418 e. The molecule has 124 valence electrons. The monoisotopic (exact) mass is 343 g/mol. The van der Waals surface area contributed by atoms with Gasteiger partial charge in [-0.15, -0.1) is 0 Å². The van der Waals surface area contributed by atoms with Crippen molar-refractivity contribution < 1.29 is 21.6 Å². The average Bonchev–Trinajstić information content (AvgIpc) is 2.49. The number of halogens is 3. The number of benzene rings is 2. The van der Waals surface area contributed by atoms with Crippen LogP contribution < -0.4 is 4.72 Å². The highest BCUT2D eigenvalue weighted by molar-refractivity contribution is 7.92. The molecule has 0 aliphatic carbocycles. The molecule has 0 bridgehead atoms. The van der Waals surface area contributed by atoms with Gasteiger partial charge in [0.2, 0.25) is 0 Å². The highest BCUT2D eigenvalue weighted by Crippen LogP contribution is 2.36. The second-order valence-electron chi connectivity index (χ2n) is 5.05. The molecule has 0 atom stereocenters. The minimum absolute atomic E-state index is 0.0919. The Hall–Kier alpha value is -2.02. The number of nitrogens with one attached hydrogen (secondary N) is 1. The minimum atomic E-state index is -4.64. The van der Waals surface area contributed by atoms with Crippen molar-refractivity contribution in [2.24, 2.45) is 0 Å². The van der Waals surface area contributed by atoms with Crippen molar-refractivity contribution in [1.29, 1.82) is 0 Å². The van der Waals surface area contributed by atoms with Gasteiger partial charge in [-0.05, 0) is 36.2 Å². The fraction of sp³-hybridized carbons (Fsp3) is 0.250. The molecule has 0 fully saturated rings. The summed E-state index contributed by atoms with van der Waals surface area (Å²) in [6.45, 7) is 1.86. The molecular weight excluding hydrogens is 327 g/mol. The quantitative estimate of drug-likeness (QED) is 0.871. The molecule has 7 heteroatoms. The first-order chi connectivity index (χ1) is 10.7. The maximum absolute atomic E-state index is 13.2. The van der Waals surface area contributed by atoms with E-state index in [9.17, 15) is 21.6 Å². The number of sulfonamides is 1. The summed E-state index contributed by atoms with van der Waals surface area (Å²) in [6.07, 6.45) is -3.44. The molecule has 0 heterocycles. The summed E-state index contributed by atoms with van der Waals surface area (Å²) in [6, 6.07) is 10.9. The Kier molecular flexibility index (Phi) is 4.99. The predicted octanol–water partition coefficient (Wildman–Crippen LogP) is 4.46. The van der Waals surface area contributed by atoms with Crippen LogP contribution in [0.15, 0.2) is 53.4 Å². The van der Waals surface area contributed by atoms with Gasteiger partial charge in [0.15, 0.2) is 0 Å². The maximum Gasteiger partial charge on any atom is 0.418 e. The molecule has 2 aromatic carbocycles. The zero-order valence-corrected chi connectivity index (χ0v) is 13.2. The van der Waals surface area contributed by atoms with E-state index in [1.807, 2.05) is 11.6 Å². The Bertz CT molecular complexity index is 772. The highest BCUT2D eigenvalue weighted by atomic mass is 32.2. The number of rotatable bonds is 5. The molecule has 23 heavy (non-hydrogen) atoms. The lowest BCUT2D eigenvalue weighted by Gasteiger charge is -2.16. The van der Waals surface area contributed by atoms with E-state index >= 15 is 0 Å². The van der Waals surface area contributed by atoms with Crippen LogP contribution in [0.1, 0.15) is 24.5 Å². The predicted molar refractivity (Wildman–Crippen MR) is 82.7 cm³/mol. The SMILES string of the molecule is CCCc1ccc(NS(=O)(=O)c2ccccc2)c(C(F)(F)F)c1. The van der Waals surface area contributed by atoms with E-state index in [1.54, 1.807) is 6.07 Å². The molecule has 0 amide bonds. The molecule has 0 aliphatic rings. The number of hydrogen-bond donors (Lipinski definition) is 1. The van der Waals surface area contributed by atoms with Crippen molar-refractivity contribution in [2.45, 2.75) is 30.8 Å². The van der Waals surface area contributed by atoms with Gasteiger partial charge in [0, 0.05) is 0 Å². The molecule has 2 aromatic rings. The lowest BCUT2D eigenvalue weighted by atomic mass is 10.0. The molecule has 3 nitrogen and oxygen atoms in total. The standard InChI is InChI=1S/C16H16F3NO2S/c1-2-6-12-9-10-15(14(11-12)16(17,18)19)20-23(21,22)13-7-4-3-5-8-13/h3-5,7-11,20H,2,6H2,1H3. The van der Waals surface area contributed by atoms with Crippen molar-refractivity contribution in [3.8, 4) is 0 Å². The summed E-state index contributed by atoms with van der Waals surface area (Å²) in [4.78, 5) is -0.0919. The number of alkyl halides is 3. The van der Waals surface area contributed by atoms with Crippen LogP contribution in [0.3, 0.4) is 0 Å². The van der Waals surface area contributed by atoms with Gasteiger partial charge in [-0.25, -0.2) is 8.42 Å². The first-order valence-electron chi connectivity index (χ1n) is 7.02. The van der Waals surface area contributed by atoms with Gasteiger partial charge in [-0.2, -0.15) is 13.2 Å². The normalized spacial score (nSPS) is 12.2. The molecule has 0 saturated carbocycles. The fourth-order valence-corrected chi connectivity index (χ4v) is 3.26. The van der Waals surface area contributed by atoms with E-state index in [-0.39, 0.29) is 4.90 Å². The molecule has 2 rings (SSSR count). The number of hydrogen-bond acceptors (Lipinski definition) is 2. The van der Waals surface area contributed by atoms with E-state index in [4.69, 9.17) is 0 Å². The van der Waals surface area contributed by atoms with Crippen LogP contribution in [0.4, 0.5) is 18.9 Å². The minimum Gasteiger partial charge on any atom is -0.279 e. The van der Waals surface area contributed by atoms with Crippen LogP contribution in [0, 0.1) is 0 Å². The lowest BCUT2D eigenvalue weighted by molar-refractivity contribution is -0.136. The second kappa shape index (κ2) is 6.62. The zero-order chi connectivity index (χ0) is 17.1. The molecule has 0 radical (unpaired) electrons. The summed E-state index contributed by atoms with van der Waals surface area (Å²) < 4.78 is 66.1. The van der Waals surface area contributed by atoms with Crippen LogP contribution in [0.5, 0.6) is 0 Å². The van der Waals surface area contributed by atoms with E-state index < -0.39 is 27.5 Å². The average molecular weight is 343 g/mol. The van der Waals surface area contributed by atoms with E-state index in [0.29, 0.717) is 18.4 Å². The number of anilines is 1. The Morgan fingerprint density at radius 2 is 1.70 bits per heavy atom. The third-order valence-corrected chi connectivity index (χ3v) is 4.61. The zero-order valence-electron chi connectivity index (χ0n) is 12.4. The Morgan fingerprint density at radius 1 is 1.04 bits per heavy atom. The molecule has 0 saturated heterocycles. The molecular formula is C16H16F3NO2S. The Morgan fingerprint density at radius 3 is 2.26 bits per heavy atom. The van der Waals surface area contributed by atoms with Gasteiger partial charge in [0.1, 0.15) is 0 Å². The highest BCUT2D eigenvalue weighted by Gasteiger charge is 2.34. The van der Waals surface area contributed by atoms with E-state index in [2.05, 4.69) is 0 Å². The Balaban J connectivity index is 2.43. The molecule has 1 N–H and O–H groups in total. The van der Waals surface area contributed by atoms with Gasteiger partial charge < -0.3 is 0 Å². The molecule has 0 aromatic heterocycles. The fourth-order valence-electron chi connectivity index (χ4n) is 2.16. The number of aryl methyl sites for hydroxylation is 1. The molecule has 0 spiro atoms. The van der Waals surface area contributed by atoms with Crippen molar-refractivity contribution in [1.82, 2.24) is 0 Å². The van der Waals surface area contributed by atoms with Crippen LogP contribution in [0.25, 0.3) is 0 Å². The summed E-state index contributed by atoms with van der Waals surface area (Å²) in [5.74, 6) is 0. The van der Waals surface area contributed by atoms with Gasteiger partial charge in [-0.1, -0.05) is 37.6 Å². The van der Waals surface area contributed by atoms with Gasteiger partial charge in [0.05, 0.1) is 16.1 Å². The van der Waals surface area contributed by atoms with Crippen molar-refractivity contribution in [3.63, 3.8) is 0 Å². The van der Waals surface area contributed by atoms with Crippen molar-refractivity contribution in [2.75, 3.05) is 4.72 Å². The van der Waals surface area contributed by atoms with Gasteiger partial charge in [-0.3, -0.25) is 4.72 Å². The topological polar surface area (TPSA) is 46.2 Å². The second-order valence-corrected chi connectivity index (χ2v) is 6.73. The summed E-state index contributed by atoms with van der Waals surface area (Å²) in [5.41, 5.74) is -0.938. The first-order valence-corrected chi connectivity index (χ1v) is 8.50. The summed E-state index contributed by atoms with van der Waals surface area (Å²) in [7, 11) is -4.07. The van der Waals surface area contributed by atoms with Crippen LogP contribution in [0.2, 0.25) is 0 Å². The van der Waals surface area contributed by atoms with Crippen LogP contribution >= 0.6 is 0 Å². The van der Waals surface area contributed by atoms with Crippen LogP contribution in [-0.2, 0) is 22.6 Å². The Labute approximate surface area is 133 Å². The van der Waals surface area contributed by atoms with Gasteiger partial charge in [0.25, 0.3) is 10.0 Å².